The van der Waals surface area contributed by atoms with Crippen LogP contribution in [0, 0.1) is 0 Å². The first-order chi connectivity index (χ1) is 9.86. The number of halogens is 3. The predicted molar refractivity (Wildman–Crippen MR) is 70.2 cm³/mol. The van der Waals surface area contributed by atoms with Crippen molar-refractivity contribution in [2.75, 3.05) is 26.2 Å². The summed E-state index contributed by atoms with van der Waals surface area (Å²) < 4.78 is 37.2. The Morgan fingerprint density at radius 3 is 2.19 bits per heavy atom. The van der Waals surface area contributed by atoms with Gasteiger partial charge in [-0.3, -0.25) is 5.01 Å². The van der Waals surface area contributed by atoms with Crippen LogP contribution in [0.1, 0.15) is 11.1 Å². The van der Waals surface area contributed by atoms with E-state index in [9.17, 15) is 18.0 Å². The molecule has 114 valence electrons. The molecule has 0 aliphatic carbocycles. The normalized spacial score (nSPS) is 16.5. The number of amides is 1. The van der Waals surface area contributed by atoms with Crippen LogP contribution in [0.3, 0.4) is 0 Å². The molecule has 1 aromatic carbocycles. The Bertz CT molecular complexity index is 520. The van der Waals surface area contributed by atoms with Crippen LogP contribution in [-0.2, 0) is 6.18 Å². The van der Waals surface area contributed by atoms with E-state index >= 15 is 0 Å². The van der Waals surface area contributed by atoms with E-state index in [0.717, 1.165) is 12.1 Å². The first-order valence-electron chi connectivity index (χ1n) is 6.30. The standard InChI is InChI=1S/C13H14F3N3O2/c14-13(15,16)11-3-1-10(2-4-11)9-17-19-7-5-18(6-8-19)12(20)21/h1-4,9H,5-8H2,(H,20,21). The van der Waals surface area contributed by atoms with Gasteiger partial charge in [-0.1, -0.05) is 12.1 Å². The Morgan fingerprint density at radius 1 is 1.14 bits per heavy atom. The summed E-state index contributed by atoms with van der Waals surface area (Å²) in [5.74, 6) is 0. The number of hydrogen-bond donors (Lipinski definition) is 1. The monoisotopic (exact) mass is 301 g/mol. The smallest absolute Gasteiger partial charge is 0.416 e. The van der Waals surface area contributed by atoms with E-state index in [1.165, 1.54) is 23.2 Å². The van der Waals surface area contributed by atoms with Crippen molar-refractivity contribution in [2.24, 2.45) is 5.10 Å². The molecule has 1 fully saturated rings. The van der Waals surface area contributed by atoms with Crippen molar-refractivity contribution in [3.05, 3.63) is 35.4 Å². The maximum Gasteiger partial charge on any atom is 0.416 e. The van der Waals surface area contributed by atoms with Gasteiger partial charge in [0.25, 0.3) is 0 Å². The Labute approximate surface area is 119 Å². The summed E-state index contributed by atoms with van der Waals surface area (Å²) in [5.41, 5.74) is -0.140. The third-order valence-electron chi connectivity index (χ3n) is 3.13. The molecular weight excluding hydrogens is 287 g/mol. The Kier molecular flexibility index (Phi) is 4.35. The van der Waals surface area contributed by atoms with Crippen LogP contribution >= 0.6 is 0 Å². The van der Waals surface area contributed by atoms with Crippen molar-refractivity contribution in [1.82, 2.24) is 9.91 Å². The zero-order chi connectivity index (χ0) is 15.5. The number of alkyl halides is 3. The molecule has 0 radical (unpaired) electrons. The van der Waals surface area contributed by atoms with Crippen molar-refractivity contribution in [1.29, 1.82) is 0 Å². The second-order valence-corrected chi connectivity index (χ2v) is 4.59. The molecule has 0 spiro atoms. The van der Waals surface area contributed by atoms with Gasteiger partial charge in [-0.25, -0.2) is 4.79 Å². The minimum atomic E-state index is -4.34. The molecule has 1 saturated heterocycles. The molecule has 0 saturated carbocycles. The summed E-state index contributed by atoms with van der Waals surface area (Å²) >= 11 is 0. The van der Waals surface area contributed by atoms with Gasteiger partial charge in [0.1, 0.15) is 0 Å². The van der Waals surface area contributed by atoms with Gasteiger partial charge in [0.05, 0.1) is 24.9 Å². The fraction of sp³-hybridized carbons (Fsp3) is 0.385. The molecule has 0 unspecified atom stereocenters. The third kappa shape index (κ3) is 4.11. The number of hydrogen-bond acceptors (Lipinski definition) is 3. The highest BCUT2D eigenvalue weighted by Crippen LogP contribution is 2.28. The molecule has 0 atom stereocenters. The van der Waals surface area contributed by atoms with Crippen LogP contribution in [0.15, 0.2) is 29.4 Å². The lowest BCUT2D eigenvalue weighted by Gasteiger charge is -2.31. The quantitative estimate of drug-likeness (QED) is 0.853. The van der Waals surface area contributed by atoms with Crippen molar-refractivity contribution >= 4 is 12.3 Å². The molecule has 1 heterocycles. The zero-order valence-corrected chi connectivity index (χ0v) is 11.0. The maximum absolute atomic E-state index is 12.4. The van der Waals surface area contributed by atoms with Crippen LogP contribution in [0.25, 0.3) is 0 Å². The molecule has 1 amide bonds. The van der Waals surface area contributed by atoms with Gasteiger partial charge in [0.2, 0.25) is 0 Å². The largest absolute Gasteiger partial charge is 0.465 e. The first-order valence-corrected chi connectivity index (χ1v) is 6.30. The zero-order valence-electron chi connectivity index (χ0n) is 11.0. The second kappa shape index (κ2) is 6.02. The number of benzene rings is 1. The van der Waals surface area contributed by atoms with Gasteiger partial charge >= 0.3 is 12.3 Å². The highest BCUT2D eigenvalue weighted by atomic mass is 19.4. The summed E-state index contributed by atoms with van der Waals surface area (Å²) in [5, 5.41) is 14.6. The summed E-state index contributed by atoms with van der Waals surface area (Å²) in [6, 6.07) is 4.70. The van der Waals surface area contributed by atoms with E-state index in [1.54, 1.807) is 5.01 Å². The molecule has 0 bridgehead atoms. The van der Waals surface area contributed by atoms with E-state index in [-0.39, 0.29) is 0 Å². The second-order valence-electron chi connectivity index (χ2n) is 4.59. The third-order valence-corrected chi connectivity index (χ3v) is 3.13. The average Bonchev–Trinajstić information content (AvgIpc) is 2.45. The van der Waals surface area contributed by atoms with Crippen molar-refractivity contribution in [3.63, 3.8) is 0 Å². The number of piperazine rings is 1. The minimum Gasteiger partial charge on any atom is -0.465 e. The van der Waals surface area contributed by atoms with Crippen molar-refractivity contribution in [2.45, 2.75) is 6.18 Å². The number of carboxylic acid groups (broad SMARTS) is 1. The SMILES string of the molecule is O=C(O)N1CCN(N=Cc2ccc(C(F)(F)F)cc2)CC1. The van der Waals surface area contributed by atoms with Gasteiger partial charge < -0.3 is 10.0 Å². The van der Waals surface area contributed by atoms with Crippen LogP contribution in [0.5, 0.6) is 0 Å². The number of rotatable bonds is 2. The highest BCUT2D eigenvalue weighted by Gasteiger charge is 2.29. The lowest BCUT2D eigenvalue weighted by atomic mass is 10.1. The van der Waals surface area contributed by atoms with Crippen LogP contribution in [0.4, 0.5) is 18.0 Å². The lowest BCUT2D eigenvalue weighted by molar-refractivity contribution is -0.137. The molecule has 1 aromatic rings. The molecule has 8 heteroatoms. The summed E-state index contributed by atoms with van der Waals surface area (Å²) in [7, 11) is 0. The van der Waals surface area contributed by atoms with Gasteiger partial charge in [-0.2, -0.15) is 18.3 Å². The highest BCUT2D eigenvalue weighted by molar-refractivity contribution is 5.79. The average molecular weight is 301 g/mol. The van der Waals surface area contributed by atoms with Gasteiger partial charge in [0.15, 0.2) is 0 Å². The van der Waals surface area contributed by atoms with Gasteiger partial charge in [-0.05, 0) is 17.7 Å². The van der Waals surface area contributed by atoms with E-state index in [2.05, 4.69) is 5.10 Å². The van der Waals surface area contributed by atoms with Crippen LogP contribution in [-0.4, -0.2) is 53.5 Å². The Balaban J connectivity index is 1.92. The molecule has 1 N–H and O–H groups in total. The predicted octanol–water partition coefficient (Wildman–Crippen LogP) is 2.33. The Morgan fingerprint density at radius 2 is 1.71 bits per heavy atom. The van der Waals surface area contributed by atoms with Gasteiger partial charge in [-0.15, -0.1) is 0 Å². The summed E-state index contributed by atoms with van der Waals surface area (Å²) in [6.45, 7) is 1.65. The molecule has 5 nitrogen and oxygen atoms in total. The first kappa shape index (κ1) is 15.1. The molecule has 0 aromatic heterocycles. The molecule has 1 aliphatic heterocycles. The molecule has 1 aliphatic rings. The summed E-state index contributed by atoms with van der Waals surface area (Å²) in [4.78, 5) is 12.0. The Hall–Kier alpha value is -2.25. The maximum atomic E-state index is 12.4. The number of nitrogens with zero attached hydrogens (tertiary/aromatic N) is 3. The van der Waals surface area contributed by atoms with E-state index in [0.29, 0.717) is 31.7 Å². The number of carbonyl (C=O) groups is 1. The van der Waals surface area contributed by atoms with E-state index in [4.69, 9.17) is 5.11 Å². The van der Waals surface area contributed by atoms with E-state index in [1.807, 2.05) is 0 Å². The van der Waals surface area contributed by atoms with Crippen LogP contribution in [0.2, 0.25) is 0 Å². The summed E-state index contributed by atoms with van der Waals surface area (Å²) in [6.07, 6.45) is -3.83. The topological polar surface area (TPSA) is 56.1 Å². The molecule has 21 heavy (non-hydrogen) atoms. The molecular formula is C13H14F3N3O2. The molecule has 2 rings (SSSR count). The van der Waals surface area contributed by atoms with Crippen LogP contribution < -0.4 is 0 Å². The van der Waals surface area contributed by atoms with Crippen molar-refractivity contribution in [3.8, 4) is 0 Å². The van der Waals surface area contributed by atoms with Gasteiger partial charge in [0, 0.05) is 13.1 Å². The fourth-order valence-corrected chi connectivity index (χ4v) is 1.91. The van der Waals surface area contributed by atoms with Crippen molar-refractivity contribution < 1.29 is 23.1 Å². The fourth-order valence-electron chi connectivity index (χ4n) is 1.91. The lowest BCUT2D eigenvalue weighted by Crippen LogP contribution is -2.46. The number of hydrazone groups is 1. The van der Waals surface area contributed by atoms with E-state index < -0.39 is 17.8 Å². The minimum absolute atomic E-state index is 0.361.